The van der Waals surface area contributed by atoms with Crippen molar-refractivity contribution >= 4 is 48.1 Å². The Morgan fingerprint density at radius 3 is 2.32 bits per heavy atom. The van der Waals surface area contributed by atoms with Gasteiger partial charge in [-0.05, 0) is 30.9 Å². The van der Waals surface area contributed by atoms with Crippen molar-refractivity contribution < 1.29 is 9.59 Å². The van der Waals surface area contributed by atoms with Crippen LogP contribution < -0.4 is 16.4 Å². The van der Waals surface area contributed by atoms with Crippen LogP contribution in [0.5, 0.6) is 0 Å². The summed E-state index contributed by atoms with van der Waals surface area (Å²) in [5.41, 5.74) is 6.32. The Labute approximate surface area is 142 Å². The highest BCUT2D eigenvalue weighted by Gasteiger charge is 2.29. The van der Waals surface area contributed by atoms with Gasteiger partial charge in [0.1, 0.15) is 5.82 Å². The lowest BCUT2D eigenvalue weighted by molar-refractivity contribution is -0.118. The van der Waals surface area contributed by atoms with Crippen LogP contribution in [-0.2, 0) is 9.59 Å². The van der Waals surface area contributed by atoms with Crippen LogP contribution in [0.25, 0.3) is 0 Å². The Morgan fingerprint density at radius 1 is 1.23 bits per heavy atom. The molecule has 8 heteroatoms. The van der Waals surface area contributed by atoms with Crippen LogP contribution in [0.15, 0.2) is 18.3 Å². The zero-order chi connectivity index (χ0) is 14.7. The van der Waals surface area contributed by atoms with Gasteiger partial charge in [-0.3, -0.25) is 9.59 Å². The number of nitrogens with zero attached hydrogens (tertiary/aromatic N) is 1. The molecule has 0 unspecified atom stereocenters. The molecule has 1 aliphatic carbocycles. The van der Waals surface area contributed by atoms with E-state index in [9.17, 15) is 9.59 Å². The van der Waals surface area contributed by atoms with Gasteiger partial charge in [-0.2, -0.15) is 0 Å². The number of carbonyl (C=O) groups excluding carboxylic acids is 2. The highest BCUT2D eigenvalue weighted by Crippen LogP contribution is 2.29. The van der Waals surface area contributed by atoms with Crippen molar-refractivity contribution in [1.82, 2.24) is 4.98 Å². The van der Waals surface area contributed by atoms with Crippen molar-refractivity contribution in [3.63, 3.8) is 0 Å². The molecule has 0 radical (unpaired) electrons. The van der Waals surface area contributed by atoms with E-state index in [1.54, 1.807) is 12.1 Å². The molecule has 6 nitrogen and oxygen atoms in total. The third-order valence-corrected chi connectivity index (χ3v) is 3.25. The van der Waals surface area contributed by atoms with Crippen molar-refractivity contribution in [3.05, 3.63) is 18.3 Å². The summed E-state index contributed by atoms with van der Waals surface area (Å²) in [7, 11) is 0. The smallest absolute Gasteiger partial charge is 0.241 e. The maximum absolute atomic E-state index is 11.8. The van der Waals surface area contributed by atoms with Crippen molar-refractivity contribution in [2.75, 3.05) is 10.6 Å². The SMILES string of the molecule is CC(C)[C@H](N)C(=O)Nc1ccc(NC(=O)C2CC2)nc1.Cl.Cl. The molecular weight excluding hydrogens is 327 g/mol. The number of halogens is 2. The van der Waals surface area contributed by atoms with Gasteiger partial charge in [0.05, 0.1) is 17.9 Å². The number of hydrogen-bond acceptors (Lipinski definition) is 4. The molecule has 1 aliphatic rings. The third kappa shape index (κ3) is 5.79. The van der Waals surface area contributed by atoms with E-state index in [1.165, 1.54) is 6.20 Å². The van der Waals surface area contributed by atoms with Gasteiger partial charge in [0, 0.05) is 5.92 Å². The van der Waals surface area contributed by atoms with Gasteiger partial charge < -0.3 is 16.4 Å². The Bertz CT molecular complexity index is 504. The highest BCUT2D eigenvalue weighted by atomic mass is 35.5. The average Bonchev–Trinajstić information content (AvgIpc) is 3.24. The zero-order valence-corrected chi connectivity index (χ0v) is 14.2. The third-order valence-electron chi connectivity index (χ3n) is 3.25. The first kappa shape index (κ1) is 20.6. The molecule has 1 saturated carbocycles. The van der Waals surface area contributed by atoms with Crippen molar-refractivity contribution in [1.29, 1.82) is 0 Å². The number of nitrogens with two attached hydrogens (primary N) is 1. The van der Waals surface area contributed by atoms with Crippen LogP contribution in [0.2, 0.25) is 0 Å². The number of aromatic nitrogens is 1. The second kappa shape index (κ2) is 8.92. The molecule has 0 aliphatic heterocycles. The summed E-state index contributed by atoms with van der Waals surface area (Å²) in [6.45, 7) is 3.78. The van der Waals surface area contributed by atoms with E-state index in [0.29, 0.717) is 11.5 Å². The molecule has 1 fully saturated rings. The predicted octanol–water partition coefficient (Wildman–Crippen LogP) is 2.20. The van der Waals surface area contributed by atoms with E-state index in [1.807, 2.05) is 13.8 Å². The van der Waals surface area contributed by atoms with Crippen molar-refractivity contribution in [2.24, 2.45) is 17.6 Å². The summed E-state index contributed by atoms with van der Waals surface area (Å²) in [6, 6.07) is 2.81. The van der Waals surface area contributed by atoms with E-state index < -0.39 is 6.04 Å². The Balaban J connectivity index is 0.00000220. The van der Waals surface area contributed by atoms with Crippen LogP contribution in [0, 0.1) is 11.8 Å². The number of anilines is 2. The molecule has 0 spiro atoms. The number of carbonyl (C=O) groups is 2. The highest BCUT2D eigenvalue weighted by molar-refractivity contribution is 5.95. The minimum Gasteiger partial charge on any atom is -0.323 e. The lowest BCUT2D eigenvalue weighted by Crippen LogP contribution is -2.39. The second-order valence-corrected chi connectivity index (χ2v) is 5.45. The Kier molecular flexibility index (Phi) is 8.37. The molecule has 1 heterocycles. The Hall–Kier alpha value is -1.37. The predicted molar refractivity (Wildman–Crippen MR) is 91.5 cm³/mol. The van der Waals surface area contributed by atoms with Crippen LogP contribution >= 0.6 is 24.8 Å². The molecule has 4 N–H and O–H groups in total. The number of rotatable bonds is 5. The fraction of sp³-hybridized carbons (Fsp3) is 0.500. The zero-order valence-electron chi connectivity index (χ0n) is 12.5. The lowest BCUT2D eigenvalue weighted by Gasteiger charge is -2.15. The van der Waals surface area contributed by atoms with Crippen molar-refractivity contribution in [2.45, 2.75) is 32.7 Å². The van der Waals surface area contributed by atoms with Crippen LogP contribution in [0.4, 0.5) is 11.5 Å². The van der Waals surface area contributed by atoms with Gasteiger partial charge in [0.2, 0.25) is 11.8 Å². The van der Waals surface area contributed by atoms with E-state index in [4.69, 9.17) is 5.73 Å². The number of amides is 2. The molecule has 0 saturated heterocycles. The first-order chi connectivity index (χ1) is 9.47. The summed E-state index contributed by atoms with van der Waals surface area (Å²) >= 11 is 0. The molecule has 1 aromatic heterocycles. The largest absolute Gasteiger partial charge is 0.323 e. The van der Waals surface area contributed by atoms with E-state index in [0.717, 1.165) is 12.8 Å². The standard InChI is InChI=1S/C14H20N4O2.2ClH/c1-8(2)12(15)14(20)17-10-5-6-11(16-7-10)18-13(19)9-3-4-9;;/h5-9,12H,3-4,15H2,1-2H3,(H,17,20)(H,16,18,19);2*1H/t12-;;/m0../s1. The second-order valence-electron chi connectivity index (χ2n) is 5.45. The quantitative estimate of drug-likeness (QED) is 0.759. The molecule has 124 valence electrons. The first-order valence-corrected chi connectivity index (χ1v) is 6.80. The van der Waals surface area contributed by atoms with Gasteiger partial charge >= 0.3 is 0 Å². The summed E-state index contributed by atoms with van der Waals surface area (Å²) in [6.07, 6.45) is 3.41. The van der Waals surface area contributed by atoms with Crippen LogP contribution in [0.3, 0.4) is 0 Å². The maximum atomic E-state index is 11.8. The van der Waals surface area contributed by atoms with Gasteiger partial charge in [0.25, 0.3) is 0 Å². The normalized spacial score (nSPS) is 14.4. The topological polar surface area (TPSA) is 97.1 Å². The summed E-state index contributed by atoms with van der Waals surface area (Å²) < 4.78 is 0. The van der Waals surface area contributed by atoms with E-state index in [2.05, 4.69) is 15.6 Å². The maximum Gasteiger partial charge on any atom is 0.241 e. The molecule has 2 amide bonds. The number of hydrogen-bond donors (Lipinski definition) is 3. The monoisotopic (exact) mass is 348 g/mol. The summed E-state index contributed by atoms with van der Waals surface area (Å²) in [4.78, 5) is 27.4. The molecule has 1 atom stereocenters. The van der Waals surface area contributed by atoms with Gasteiger partial charge in [-0.25, -0.2) is 4.98 Å². The summed E-state index contributed by atoms with van der Waals surface area (Å²) in [5, 5.41) is 5.44. The first-order valence-electron chi connectivity index (χ1n) is 6.80. The minimum atomic E-state index is -0.552. The number of pyridine rings is 1. The molecule has 2 rings (SSSR count). The molecule has 22 heavy (non-hydrogen) atoms. The summed E-state index contributed by atoms with van der Waals surface area (Å²) in [5.74, 6) is 0.473. The minimum absolute atomic E-state index is 0. The van der Waals surface area contributed by atoms with Gasteiger partial charge in [-0.1, -0.05) is 13.8 Å². The van der Waals surface area contributed by atoms with Gasteiger partial charge in [0.15, 0.2) is 0 Å². The molecule has 0 aromatic carbocycles. The van der Waals surface area contributed by atoms with Crippen LogP contribution in [-0.4, -0.2) is 22.8 Å². The Morgan fingerprint density at radius 2 is 1.86 bits per heavy atom. The fourth-order valence-corrected chi connectivity index (χ4v) is 1.64. The number of nitrogens with one attached hydrogen (secondary N) is 2. The van der Waals surface area contributed by atoms with Gasteiger partial charge in [-0.15, -0.1) is 24.8 Å². The molecule has 1 aromatic rings. The van der Waals surface area contributed by atoms with E-state index in [-0.39, 0.29) is 48.5 Å². The van der Waals surface area contributed by atoms with E-state index >= 15 is 0 Å². The fourth-order valence-electron chi connectivity index (χ4n) is 1.64. The van der Waals surface area contributed by atoms with Crippen LogP contribution in [0.1, 0.15) is 26.7 Å². The van der Waals surface area contributed by atoms with Crippen molar-refractivity contribution in [3.8, 4) is 0 Å². The lowest BCUT2D eigenvalue weighted by atomic mass is 10.1. The molecule has 0 bridgehead atoms. The molecular formula is C14H22Cl2N4O2. The average molecular weight is 349 g/mol.